The maximum Gasteiger partial charge on any atom is 0.240 e. The molecule has 140 valence electrons. The van der Waals surface area contributed by atoms with Crippen LogP contribution in [0.3, 0.4) is 0 Å². The Morgan fingerprint density at radius 1 is 0.964 bits per heavy atom. The highest BCUT2D eigenvalue weighted by atomic mass is 16.3. The van der Waals surface area contributed by atoms with Crippen LogP contribution in [0.15, 0.2) is 88.7 Å². The second-order valence-corrected chi connectivity index (χ2v) is 6.86. The molecule has 2 atom stereocenters. The van der Waals surface area contributed by atoms with Gasteiger partial charge in [-0.2, -0.15) is 0 Å². The molecule has 1 heterocycles. The molecule has 1 aliphatic rings. The van der Waals surface area contributed by atoms with Crippen molar-refractivity contribution in [2.45, 2.75) is 18.8 Å². The smallest absolute Gasteiger partial charge is 0.240 e. The summed E-state index contributed by atoms with van der Waals surface area (Å²) < 4.78 is 5.18. The monoisotopic (exact) mass is 372 g/mol. The topological polar surface area (TPSA) is 71.7 Å². The molecule has 1 N–H and O–H groups in total. The van der Waals surface area contributed by atoms with Gasteiger partial charge in [-0.05, 0) is 48.2 Å². The average Bonchev–Trinajstić information content (AvgIpc) is 3.24. The number of benzene rings is 2. The molecule has 3 aromatic rings. The molecule has 1 aliphatic carbocycles. The first-order valence-electron chi connectivity index (χ1n) is 9.24. The predicted octanol–water partition coefficient (Wildman–Crippen LogP) is 4.75. The van der Waals surface area contributed by atoms with Gasteiger partial charge in [-0.15, -0.1) is 0 Å². The number of para-hydroxylation sites is 2. The highest BCUT2D eigenvalue weighted by molar-refractivity contribution is 6.25. The summed E-state index contributed by atoms with van der Waals surface area (Å²) in [6.07, 6.45) is 4.08. The van der Waals surface area contributed by atoms with E-state index in [0.717, 1.165) is 11.3 Å². The molecule has 5 nitrogen and oxygen atoms in total. The Balaban J connectivity index is 1.65. The van der Waals surface area contributed by atoms with Gasteiger partial charge in [0.2, 0.25) is 5.91 Å². The largest absolute Gasteiger partial charge is 0.472 e. The second kappa shape index (κ2) is 8.05. The fourth-order valence-electron chi connectivity index (χ4n) is 3.54. The number of carbonyl (C=O) groups is 2. The highest BCUT2D eigenvalue weighted by Crippen LogP contribution is 2.34. The number of hydrogen-bond acceptors (Lipinski definition) is 4. The van der Waals surface area contributed by atoms with Gasteiger partial charge in [-0.25, -0.2) is 0 Å². The summed E-state index contributed by atoms with van der Waals surface area (Å²) >= 11 is 0. The zero-order chi connectivity index (χ0) is 19.3. The third-order valence-electron chi connectivity index (χ3n) is 4.91. The minimum Gasteiger partial charge on any atom is -0.472 e. The zero-order valence-corrected chi connectivity index (χ0v) is 15.2. The van der Waals surface area contributed by atoms with Crippen molar-refractivity contribution in [2.24, 2.45) is 10.9 Å². The first-order chi connectivity index (χ1) is 13.7. The molecule has 2 aromatic carbocycles. The maximum atomic E-state index is 13.0. The van der Waals surface area contributed by atoms with Crippen molar-refractivity contribution >= 4 is 28.8 Å². The summed E-state index contributed by atoms with van der Waals surface area (Å²) in [4.78, 5) is 30.6. The Kier molecular flexibility index (Phi) is 5.15. The number of hydrogen-bond donors (Lipinski definition) is 1. The van der Waals surface area contributed by atoms with Crippen molar-refractivity contribution in [1.82, 2.24) is 0 Å². The second-order valence-electron chi connectivity index (χ2n) is 6.86. The quantitative estimate of drug-likeness (QED) is 0.672. The summed E-state index contributed by atoms with van der Waals surface area (Å²) in [5.41, 5.74) is 2.94. The number of carbonyl (C=O) groups excluding carboxylic acids is 2. The van der Waals surface area contributed by atoms with Crippen LogP contribution in [0, 0.1) is 5.92 Å². The number of furan rings is 1. The molecule has 1 fully saturated rings. The molecule has 1 aromatic heterocycles. The van der Waals surface area contributed by atoms with Crippen molar-refractivity contribution in [3.8, 4) is 0 Å². The summed E-state index contributed by atoms with van der Waals surface area (Å²) in [7, 11) is 0. The van der Waals surface area contributed by atoms with Crippen molar-refractivity contribution in [2.75, 3.05) is 5.32 Å². The van der Waals surface area contributed by atoms with Crippen molar-refractivity contribution in [3.05, 3.63) is 84.8 Å². The Bertz CT molecular complexity index is 979. The SMILES string of the molecule is O=C1CC(c2ccoc2)CC(=Nc2ccccc2)C1C(=O)Nc1ccccc1. The molecular formula is C23H20N2O3. The van der Waals surface area contributed by atoms with Gasteiger partial charge in [0.05, 0.1) is 18.2 Å². The number of Topliss-reactive ketones (excluding diaryl/α,β-unsaturated/α-hetero) is 1. The Morgan fingerprint density at radius 2 is 1.68 bits per heavy atom. The minimum atomic E-state index is -0.886. The van der Waals surface area contributed by atoms with Crippen LogP contribution >= 0.6 is 0 Å². The Hall–Kier alpha value is -3.47. The Labute approximate surface area is 163 Å². The molecule has 5 heteroatoms. The lowest BCUT2D eigenvalue weighted by Crippen LogP contribution is -2.41. The molecule has 2 unspecified atom stereocenters. The fourth-order valence-corrected chi connectivity index (χ4v) is 3.54. The molecule has 1 saturated carbocycles. The van der Waals surface area contributed by atoms with Crippen LogP contribution in [0.2, 0.25) is 0 Å². The number of nitrogens with zero attached hydrogens (tertiary/aromatic N) is 1. The van der Waals surface area contributed by atoms with Crippen molar-refractivity contribution in [3.63, 3.8) is 0 Å². The first-order valence-corrected chi connectivity index (χ1v) is 9.24. The molecule has 28 heavy (non-hydrogen) atoms. The molecule has 4 rings (SSSR count). The standard InChI is InChI=1S/C23H20N2O3/c26-21-14-17(16-11-12-28-15-16)13-20(24-18-7-3-1-4-8-18)22(21)23(27)25-19-9-5-2-6-10-19/h1-12,15,17,22H,13-14H2,(H,25,27). The van der Waals surface area contributed by atoms with Gasteiger partial charge in [0.15, 0.2) is 5.78 Å². The number of ketones is 1. The highest BCUT2D eigenvalue weighted by Gasteiger charge is 2.39. The van der Waals surface area contributed by atoms with Gasteiger partial charge in [0, 0.05) is 17.8 Å². The first kappa shape index (κ1) is 17.9. The van der Waals surface area contributed by atoms with Crippen LogP contribution in [-0.4, -0.2) is 17.4 Å². The molecule has 0 bridgehead atoms. The van der Waals surface area contributed by atoms with E-state index < -0.39 is 5.92 Å². The molecule has 0 saturated heterocycles. The van der Waals surface area contributed by atoms with Gasteiger partial charge >= 0.3 is 0 Å². The minimum absolute atomic E-state index is 0.0329. The number of nitrogens with one attached hydrogen (secondary N) is 1. The van der Waals surface area contributed by atoms with Gasteiger partial charge in [-0.1, -0.05) is 36.4 Å². The summed E-state index contributed by atoms with van der Waals surface area (Å²) in [5.74, 6) is -1.38. The summed E-state index contributed by atoms with van der Waals surface area (Å²) in [6, 6.07) is 20.4. The fraction of sp³-hybridized carbons (Fsp3) is 0.174. The van der Waals surface area contributed by atoms with Crippen LogP contribution in [0.4, 0.5) is 11.4 Å². The lowest BCUT2D eigenvalue weighted by Gasteiger charge is -2.28. The molecule has 0 aliphatic heterocycles. The van der Waals surface area contributed by atoms with Crippen molar-refractivity contribution < 1.29 is 14.0 Å². The summed E-state index contributed by atoms with van der Waals surface area (Å²) in [5, 5.41) is 2.85. The van der Waals surface area contributed by atoms with E-state index in [4.69, 9.17) is 4.42 Å². The maximum absolute atomic E-state index is 13.0. The van der Waals surface area contributed by atoms with Gasteiger partial charge in [-0.3, -0.25) is 14.6 Å². The van der Waals surface area contributed by atoms with E-state index in [1.54, 1.807) is 24.7 Å². The number of anilines is 1. The lowest BCUT2D eigenvalue weighted by atomic mass is 9.76. The van der Waals surface area contributed by atoms with Crippen molar-refractivity contribution in [1.29, 1.82) is 0 Å². The summed E-state index contributed by atoms with van der Waals surface area (Å²) in [6.45, 7) is 0. The van der Waals surface area contributed by atoms with Crippen LogP contribution in [0.1, 0.15) is 24.3 Å². The van der Waals surface area contributed by atoms with E-state index in [1.807, 2.05) is 54.6 Å². The van der Waals surface area contributed by atoms with E-state index in [0.29, 0.717) is 24.2 Å². The Morgan fingerprint density at radius 3 is 2.36 bits per heavy atom. The molecule has 1 amide bonds. The zero-order valence-electron chi connectivity index (χ0n) is 15.2. The number of amides is 1. The normalized spacial score (nSPS) is 20.9. The number of aliphatic imine (C=N–C) groups is 1. The van der Waals surface area contributed by atoms with E-state index in [9.17, 15) is 9.59 Å². The molecule has 0 spiro atoms. The van der Waals surface area contributed by atoms with E-state index in [1.165, 1.54) is 0 Å². The van der Waals surface area contributed by atoms with Gasteiger partial charge in [0.1, 0.15) is 5.92 Å². The van der Waals surface area contributed by atoms with Crippen LogP contribution in [-0.2, 0) is 9.59 Å². The van der Waals surface area contributed by atoms with E-state index in [2.05, 4.69) is 10.3 Å². The molecular weight excluding hydrogens is 352 g/mol. The third kappa shape index (κ3) is 3.93. The predicted molar refractivity (Wildman–Crippen MR) is 108 cm³/mol. The lowest BCUT2D eigenvalue weighted by molar-refractivity contribution is -0.129. The van der Waals surface area contributed by atoms with Gasteiger partial charge < -0.3 is 9.73 Å². The third-order valence-corrected chi connectivity index (χ3v) is 4.91. The van der Waals surface area contributed by atoms with Crippen LogP contribution < -0.4 is 5.32 Å². The van der Waals surface area contributed by atoms with E-state index >= 15 is 0 Å². The van der Waals surface area contributed by atoms with E-state index in [-0.39, 0.29) is 17.6 Å². The average molecular weight is 372 g/mol. The van der Waals surface area contributed by atoms with Gasteiger partial charge in [0.25, 0.3) is 0 Å². The number of rotatable bonds is 4. The van der Waals surface area contributed by atoms with Crippen LogP contribution in [0.5, 0.6) is 0 Å². The van der Waals surface area contributed by atoms with Crippen LogP contribution in [0.25, 0.3) is 0 Å². The molecule has 0 radical (unpaired) electrons.